The molecule has 1 aromatic carbocycles. The molecule has 2 atom stereocenters. The van der Waals surface area contributed by atoms with Gasteiger partial charge in [-0.15, -0.1) is 24.0 Å². The normalized spacial score (nSPS) is 20.3. The summed E-state index contributed by atoms with van der Waals surface area (Å²) in [5.41, 5.74) is 0.929. The van der Waals surface area contributed by atoms with Crippen LogP contribution < -0.4 is 5.32 Å². The van der Waals surface area contributed by atoms with Crippen molar-refractivity contribution in [1.82, 2.24) is 10.2 Å². The molecule has 0 bridgehead atoms. The molecule has 10 heteroatoms. The Morgan fingerprint density at radius 2 is 2.00 bits per heavy atom. The Morgan fingerprint density at radius 1 is 1.31 bits per heavy atom. The largest absolute Gasteiger partial charge is 0.378 e. The van der Waals surface area contributed by atoms with E-state index in [0.29, 0.717) is 26.2 Å². The number of ether oxygens (including phenoxy) is 2. The highest BCUT2D eigenvalue weighted by Crippen LogP contribution is 2.25. The Bertz CT molecular complexity index is 746. The van der Waals surface area contributed by atoms with Gasteiger partial charge in [0.05, 0.1) is 38.2 Å². The number of halogens is 2. The van der Waals surface area contributed by atoms with E-state index >= 15 is 0 Å². The van der Waals surface area contributed by atoms with Crippen molar-refractivity contribution in [2.24, 2.45) is 4.99 Å². The summed E-state index contributed by atoms with van der Waals surface area (Å²) in [6, 6.07) is 6.37. The number of guanidine groups is 1. The second-order valence-electron chi connectivity index (χ2n) is 6.87. The summed E-state index contributed by atoms with van der Waals surface area (Å²) < 4.78 is 46.8. The molecular weight excluding hydrogens is 512 g/mol. The molecule has 0 aromatic heterocycles. The maximum Gasteiger partial charge on any atom is 0.194 e. The topological polar surface area (TPSA) is 80.2 Å². The smallest absolute Gasteiger partial charge is 0.194 e. The van der Waals surface area contributed by atoms with Gasteiger partial charge in [0, 0.05) is 19.3 Å². The van der Waals surface area contributed by atoms with Gasteiger partial charge in [-0.25, -0.2) is 12.8 Å². The number of rotatable bonds is 8. The van der Waals surface area contributed by atoms with Crippen LogP contribution in [0.15, 0.2) is 29.3 Å². The average molecular weight is 543 g/mol. The average Bonchev–Trinajstić information content (AvgIpc) is 2.62. The molecule has 0 radical (unpaired) electrons. The van der Waals surface area contributed by atoms with Crippen LogP contribution in [0.4, 0.5) is 4.39 Å². The van der Waals surface area contributed by atoms with Crippen LogP contribution in [-0.4, -0.2) is 76.8 Å². The Hall–Kier alpha value is -0.980. The highest BCUT2D eigenvalue weighted by atomic mass is 127. The standard InChI is InChI=1S/C19H30FN3O4S.HI/c1-4-21-19(22-9-10-26-11-12-28(3,24)25)23-13-15(2)27-18(14-23)16-5-7-17(20)8-6-16;/h5-8,15,18H,4,9-14H2,1-3H3,(H,21,22);1H. The summed E-state index contributed by atoms with van der Waals surface area (Å²) in [6.07, 6.45) is 1.02. The molecule has 0 spiro atoms. The van der Waals surface area contributed by atoms with E-state index in [-0.39, 0.29) is 54.4 Å². The van der Waals surface area contributed by atoms with Crippen LogP contribution in [0.5, 0.6) is 0 Å². The zero-order chi connectivity index (χ0) is 20.6. The maximum absolute atomic E-state index is 13.2. The number of aliphatic imine (C=N–C) groups is 1. The maximum atomic E-state index is 13.2. The van der Waals surface area contributed by atoms with Crippen molar-refractivity contribution in [3.63, 3.8) is 0 Å². The zero-order valence-electron chi connectivity index (χ0n) is 17.1. The SMILES string of the molecule is CCNC(=NCCOCCS(C)(=O)=O)N1CC(C)OC(c2ccc(F)cc2)C1.I. The van der Waals surface area contributed by atoms with Crippen LogP contribution in [0.25, 0.3) is 0 Å². The van der Waals surface area contributed by atoms with Crippen LogP contribution in [0, 0.1) is 5.82 Å². The fraction of sp³-hybridized carbons (Fsp3) is 0.632. The Morgan fingerprint density at radius 3 is 2.62 bits per heavy atom. The molecule has 1 saturated heterocycles. The van der Waals surface area contributed by atoms with Gasteiger partial charge in [0.15, 0.2) is 5.96 Å². The molecule has 1 heterocycles. The third kappa shape index (κ3) is 9.58. The molecule has 2 unspecified atom stereocenters. The third-order valence-electron chi connectivity index (χ3n) is 4.23. The molecular formula is C19H31FIN3O4S. The van der Waals surface area contributed by atoms with E-state index in [2.05, 4.69) is 15.2 Å². The van der Waals surface area contributed by atoms with Gasteiger partial charge >= 0.3 is 0 Å². The Labute approximate surface area is 190 Å². The summed E-state index contributed by atoms with van der Waals surface area (Å²) in [4.78, 5) is 6.72. The Kier molecular flexibility index (Phi) is 11.4. The number of benzene rings is 1. The first kappa shape index (κ1) is 26.1. The number of nitrogens with one attached hydrogen (secondary N) is 1. The zero-order valence-corrected chi connectivity index (χ0v) is 20.3. The molecule has 0 saturated carbocycles. The predicted octanol–water partition coefficient (Wildman–Crippen LogP) is 2.23. The number of sulfone groups is 1. The lowest BCUT2D eigenvalue weighted by Crippen LogP contribution is -2.50. The summed E-state index contributed by atoms with van der Waals surface area (Å²) in [5.74, 6) is 0.503. The first-order chi connectivity index (χ1) is 13.3. The lowest BCUT2D eigenvalue weighted by molar-refractivity contribution is -0.0605. The molecule has 2 rings (SSSR count). The second-order valence-corrected chi connectivity index (χ2v) is 9.13. The first-order valence-corrected chi connectivity index (χ1v) is 11.5. The molecule has 0 aliphatic carbocycles. The minimum atomic E-state index is -3.01. The van der Waals surface area contributed by atoms with Crippen molar-refractivity contribution in [3.05, 3.63) is 35.6 Å². The van der Waals surface area contributed by atoms with Crippen molar-refractivity contribution >= 4 is 39.8 Å². The Balaban J connectivity index is 0.00000420. The fourth-order valence-electron chi connectivity index (χ4n) is 2.94. The van der Waals surface area contributed by atoms with Crippen molar-refractivity contribution < 1.29 is 22.3 Å². The van der Waals surface area contributed by atoms with Gasteiger partial charge in [0.2, 0.25) is 0 Å². The van der Waals surface area contributed by atoms with Crippen LogP contribution >= 0.6 is 24.0 Å². The van der Waals surface area contributed by atoms with Crippen LogP contribution in [0.3, 0.4) is 0 Å². The highest BCUT2D eigenvalue weighted by molar-refractivity contribution is 14.0. The third-order valence-corrected chi connectivity index (χ3v) is 5.14. The van der Waals surface area contributed by atoms with E-state index in [1.165, 1.54) is 18.4 Å². The van der Waals surface area contributed by atoms with Gasteiger partial charge in [0.1, 0.15) is 21.8 Å². The lowest BCUT2D eigenvalue weighted by atomic mass is 10.1. The van der Waals surface area contributed by atoms with E-state index in [1.54, 1.807) is 12.1 Å². The molecule has 29 heavy (non-hydrogen) atoms. The molecule has 1 fully saturated rings. The summed E-state index contributed by atoms with van der Waals surface area (Å²) in [6.45, 7) is 6.98. The number of nitrogens with zero attached hydrogens (tertiary/aromatic N) is 2. The van der Waals surface area contributed by atoms with Gasteiger partial charge in [-0.2, -0.15) is 0 Å². The molecule has 0 amide bonds. The van der Waals surface area contributed by atoms with Crippen LogP contribution in [0.2, 0.25) is 0 Å². The summed E-state index contributed by atoms with van der Waals surface area (Å²) >= 11 is 0. The van der Waals surface area contributed by atoms with Gasteiger partial charge < -0.3 is 19.7 Å². The lowest BCUT2D eigenvalue weighted by Gasteiger charge is -2.38. The van der Waals surface area contributed by atoms with E-state index in [4.69, 9.17) is 9.47 Å². The van der Waals surface area contributed by atoms with Crippen molar-refractivity contribution in [1.29, 1.82) is 0 Å². The van der Waals surface area contributed by atoms with Gasteiger partial charge in [-0.1, -0.05) is 12.1 Å². The van der Waals surface area contributed by atoms with E-state index < -0.39 is 9.84 Å². The first-order valence-electron chi connectivity index (χ1n) is 9.48. The highest BCUT2D eigenvalue weighted by Gasteiger charge is 2.28. The number of morpholine rings is 1. The monoisotopic (exact) mass is 543 g/mol. The fourth-order valence-corrected chi connectivity index (χ4v) is 3.36. The predicted molar refractivity (Wildman–Crippen MR) is 123 cm³/mol. The van der Waals surface area contributed by atoms with Gasteiger partial charge in [-0.3, -0.25) is 4.99 Å². The molecule has 1 N–H and O–H groups in total. The molecule has 7 nitrogen and oxygen atoms in total. The molecule has 1 aliphatic heterocycles. The van der Waals surface area contributed by atoms with Gasteiger partial charge in [0.25, 0.3) is 0 Å². The second kappa shape index (κ2) is 12.7. The molecule has 166 valence electrons. The van der Waals surface area contributed by atoms with Crippen molar-refractivity contribution in [3.8, 4) is 0 Å². The van der Waals surface area contributed by atoms with Gasteiger partial charge in [-0.05, 0) is 31.5 Å². The van der Waals surface area contributed by atoms with E-state index in [0.717, 1.165) is 18.1 Å². The van der Waals surface area contributed by atoms with Crippen LogP contribution in [0.1, 0.15) is 25.5 Å². The minimum absolute atomic E-state index is 0. The summed E-state index contributed by atoms with van der Waals surface area (Å²) in [7, 11) is -3.01. The number of hydrogen-bond donors (Lipinski definition) is 1. The minimum Gasteiger partial charge on any atom is -0.378 e. The van der Waals surface area contributed by atoms with Crippen LogP contribution in [-0.2, 0) is 19.3 Å². The molecule has 1 aromatic rings. The van der Waals surface area contributed by atoms with E-state index in [9.17, 15) is 12.8 Å². The van der Waals surface area contributed by atoms with Crippen molar-refractivity contribution in [2.45, 2.75) is 26.1 Å². The van der Waals surface area contributed by atoms with Crippen molar-refractivity contribution in [2.75, 3.05) is 51.4 Å². The number of hydrogen-bond acceptors (Lipinski definition) is 5. The summed E-state index contributed by atoms with van der Waals surface area (Å²) in [5, 5.41) is 3.28. The molecule has 1 aliphatic rings. The quantitative estimate of drug-likeness (QED) is 0.235. The van der Waals surface area contributed by atoms with E-state index in [1.807, 2.05) is 13.8 Å².